The Labute approximate surface area is 129 Å². The van der Waals surface area contributed by atoms with Crippen molar-refractivity contribution in [1.82, 2.24) is 0 Å². The summed E-state index contributed by atoms with van der Waals surface area (Å²) in [6.07, 6.45) is 2.03. The first kappa shape index (κ1) is 14.7. The van der Waals surface area contributed by atoms with Gasteiger partial charge in [-0.05, 0) is 64.7 Å². The normalized spacial score (nSPS) is 11.4. The van der Waals surface area contributed by atoms with Crippen LogP contribution in [0.3, 0.4) is 0 Å². The van der Waals surface area contributed by atoms with Crippen LogP contribution in [0.4, 0.5) is 0 Å². The van der Waals surface area contributed by atoms with Crippen molar-refractivity contribution in [1.29, 1.82) is 0 Å². The molecule has 4 nitrogen and oxygen atoms in total. The second-order valence-corrected chi connectivity index (χ2v) is 5.64. The molecule has 2 rings (SSSR count). The monoisotopic (exact) mass is 352 g/mol. The van der Waals surface area contributed by atoms with E-state index < -0.39 is 0 Å². The van der Waals surface area contributed by atoms with Crippen LogP contribution in [0.25, 0.3) is 0 Å². The van der Waals surface area contributed by atoms with E-state index in [-0.39, 0.29) is 5.84 Å². The fourth-order valence-electron chi connectivity index (χ4n) is 1.60. The summed E-state index contributed by atoms with van der Waals surface area (Å²) in [4.78, 5) is 1.18. The van der Waals surface area contributed by atoms with Gasteiger partial charge in [0.25, 0.3) is 0 Å². The molecular weight excluding hydrogens is 340 g/mol. The number of oxime groups is 1. The van der Waals surface area contributed by atoms with Crippen molar-refractivity contribution in [3.05, 3.63) is 52.5 Å². The van der Waals surface area contributed by atoms with Crippen molar-refractivity contribution >= 4 is 33.5 Å². The van der Waals surface area contributed by atoms with Gasteiger partial charge >= 0.3 is 0 Å². The van der Waals surface area contributed by atoms with Crippen LogP contribution in [0.5, 0.6) is 11.5 Å². The van der Waals surface area contributed by atoms with Gasteiger partial charge in [0.05, 0.1) is 0 Å². The fourth-order valence-corrected chi connectivity index (χ4v) is 2.57. The predicted molar refractivity (Wildman–Crippen MR) is 84.9 cm³/mol. The average Bonchev–Trinajstić information content (AvgIpc) is 2.47. The van der Waals surface area contributed by atoms with E-state index in [9.17, 15) is 0 Å². The number of halogens is 1. The van der Waals surface area contributed by atoms with Gasteiger partial charge in [0.1, 0.15) is 11.5 Å². The molecule has 0 atom stereocenters. The third-order valence-corrected chi connectivity index (χ3v) is 4.02. The predicted octanol–water partition coefficient (Wildman–Crippen LogP) is 4.06. The molecule has 3 N–H and O–H groups in total. The molecule has 0 unspecified atom stereocenters. The first-order valence-electron chi connectivity index (χ1n) is 5.73. The Morgan fingerprint density at radius 2 is 1.85 bits per heavy atom. The van der Waals surface area contributed by atoms with E-state index in [0.717, 1.165) is 5.75 Å². The lowest BCUT2D eigenvalue weighted by molar-refractivity contribution is 0.318. The van der Waals surface area contributed by atoms with Crippen molar-refractivity contribution in [3.63, 3.8) is 0 Å². The molecule has 0 fully saturated rings. The summed E-state index contributed by atoms with van der Waals surface area (Å²) in [5, 5.41) is 11.6. The zero-order valence-electron chi connectivity index (χ0n) is 10.7. The molecule has 0 saturated heterocycles. The number of hydrogen-bond donors (Lipinski definition) is 2. The van der Waals surface area contributed by atoms with Gasteiger partial charge in [-0.3, -0.25) is 0 Å². The van der Waals surface area contributed by atoms with Gasteiger partial charge in [0.2, 0.25) is 0 Å². The number of nitrogens with two attached hydrogens (primary N) is 1. The molecule has 0 bridgehead atoms. The first-order chi connectivity index (χ1) is 9.63. The molecule has 0 radical (unpaired) electrons. The summed E-state index contributed by atoms with van der Waals surface area (Å²) in [6, 6.07) is 13.1. The third-order valence-electron chi connectivity index (χ3n) is 2.62. The van der Waals surface area contributed by atoms with Gasteiger partial charge in [-0.15, -0.1) is 11.8 Å². The van der Waals surface area contributed by atoms with Crippen LogP contribution >= 0.6 is 27.7 Å². The summed E-state index contributed by atoms with van der Waals surface area (Å²) in [7, 11) is 0. The quantitative estimate of drug-likeness (QED) is 0.286. The van der Waals surface area contributed by atoms with Crippen LogP contribution < -0.4 is 10.5 Å². The maximum Gasteiger partial charge on any atom is 0.171 e. The maximum atomic E-state index is 8.68. The van der Waals surface area contributed by atoms with Crippen molar-refractivity contribution < 1.29 is 9.94 Å². The topological polar surface area (TPSA) is 67.8 Å². The summed E-state index contributed by atoms with van der Waals surface area (Å²) in [5.41, 5.74) is 6.17. The second kappa shape index (κ2) is 6.67. The van der Waals surface area contributed by atoms with E-state index in [2.05, 4.69) is 21.1 Å². The summed E-state index contributed by atoms with van der Waals surface area (Å²) >= 11 is 5.05. The largest absolute Gasteiger partial charge is 0.457 e. The Kier molecular flexibility index (Phi) is 4.92. The van der Waals surface area contributed by atoms with Crippen LogP contribution in [0, 0.1) is 0 Å². The highest BCUT2D eigenvalue weighted by molar-refractivity contribution is 9.10. The molecule has 104 valence electrons. The van der Waals surface area contributed by atoms with Gasteiger partial charge in [0.15, 0.2) is 5.84 Å². The summed E-state index contributed by atoms with van der Waals surface area (Å²) in [5.74, 6) is 1.47. The molecule has 0 amide bonds. The van der Waals surface area contributed by atoms with E-state index >= 15 is 0 Å². The van der Waals surface area contributed by atoms with Crippen molar-refractivity contribution in [2.24, 2.45) is 10.9 Å². The lowest BCUT2D eigenvalue weighted by atomic mass is 10.2. The van der Waals surface area contributed by atoms with E-state index in [1.54, 1.807) is 30.0 Å². The SMILES string of the molecule is CSc1ccc(Oc2ccc(/C(N)=N/O)c(Br)c2)cc1. The maximum absolute atomic E-state index is 8.68. The minimum Gasteiger partial charge on any atom is -0.457 e. The third kappa shape index (κ3) is 3.46. The summed E-state index contributed by atoms with van der Waals surface area (Å²) < 4.78 is 6.44. The van der Waals surface area contributed by atoms with E-state index in [1.165, 1.54) is 4.90 Å². The number of nitrogens with zero attached hydrogens (tertiary/aromatic N) is 1. The number of rotatable bonds is 4. The molecule has 2 aromatic rings. The zero-order chi connectivity index (χ0) is 14.5. The average molecular weight is 353 g/mol. The minimum absolute atomic E-state index is 0.0488. The number of benzene rings is 2. The number of amidine groups is 1. The molecule has 0 aliphatic rings. The van der Waals surface area contributed by atoms with Crippen molar-refractivity contribution in [3.8, 4) is 11.5 Å². The van der Waals surface area contributed by atoms with E-state index in [1.807, 2.05) is 30.5 Å². The van der Waals surface area contributed by atoms with Gasteiger partial charge in [-0.1, -0.05) is 5.16 Å². The van der Waals surface area contributed by atoms with Gasteiger partial charge in [-0.2, -0.15) is 0 Å². The van der Waals surface area contributed by atoms with Crippen LogP contribution in [0.15, 0.2) is 57.0 Å². The first-order valence-corrected chi connectivity index (χ1v) is 7.75. The van der Waals surface area contributed by atoms with Gasteiger partial charge in [-0.25, -0.2) is 0 Å². The molecular formula is C14H13BrN2O2S. The van der Waals surface area contributed by atoms with E-state index in [4.69, 9.17) is 15.7 Å². The Bertz CT molecular complexity index is 630. The van der Waals surface area contributed by atoms with Crippen LogP contribution in [0.1, 0.15) is 5.56 Å². The molecule has 0 heterocycles. The zero-order valence-corrected chi connectivity index (χ0v) is 13.1. The van der Waals surface area contributed by atoms with Gasteiger partial charge < -0.3 is 15.7 Å². The Morgan fingerprint density at radius 1 is 1.20 bits per heavy atom. The van der Waals surface area contributed by atoms with Gasteiger partial charge in [0, 0.05) is 14.9 Å². The smallest absolute Gasteiger partial charge is 0.171 e. The molecule has 0 aliphatic carbocycles. The number of hydrogen-bond acceptors (Lipinski definition) is 4. The Hall–Kier alpha value is -1.66. The van der Waals surface area contributed by atoms with E-state index in [0.29, 0.717) is 15.8 Å². The molecule has 0 saturated carbocycles. The minimum atomic E-state index is 0.0488. The molecule has 0 aromatic heterocycles. The highest BCUT2D eigenvalue weighted by Crippen LogP contribution is 2.28. The highest BCUT2D eigenvalue weighted by atomic mass is 79.9. The van der Waals surface area contributed by atoms with Crippen LogP contribution in [0.2, 0.25) is 0 Å². The standard InChI is InChI=1S/C14H13BrN2O2S/c1-20-11-5-2-9(3-6-11)19-10-4-7-12(13(15)8-10)14(16)17-18/h2-8,18H,1H3,(H2,16,17). The number of ether oxygens (including phenoxy) is 1. The Morgan fingerprint density at radius 3 is 2.40 bits per heavy atom. The van der Waals surface area contributed by atoms with Crippen LogP contribution in [-0.2, 0) is 0 Å². The van der Waals surface area contributed by atoms with Crippen molar-refractivity contribution in [2.75, 3.05) is 6.26 Å². The molecule has 6 heteroatoms. The van der Waals surface area contributed by atoms with Crippen molar-refractivity contribution in [2.45, 2.75) is 4.90 Å². The molecule has 20 heavy (non-hydrogen) atoms. The molecule has 2 aromatic carbocycles. The lowest BCUT2D eigenvalue weighted by Gasteiger charge is -2.08. The number of thioether (sulfide) groups is 1. The molecule has 0 aliphatic heterocycles. The second-order valence-electron chi connectivity index (χ2n) is 3.90. The fraction of sp³-hybridized carbons (Fsp3) is 0.0714. The summed E-state index contributed by atoms with van der Waals surface area (Å²) in [6.45, 7) is 0. The van der Waals surface area contributed by atoms with Crippen LogP contribution in [-0.4, -0.2) is 17.3 Å². The molecule has 0 spiro atoms. The Balaban J connectivity index is 2.19. The highest BCUT2D eigenvalue weighted by Gasteiger charge is 2.07. The lowest BCUT2D eigenvalue weighted by Crippen LogP contribution is -2.13.